The molecule has 0 atom stereocenters. The number of amides is 1. The number of pyridine rings is 2. The number of hydrogen-bond acceptors (Lipinski definition) is 4. The summed E-state index contributed by atoms with van der Waals surface area (Å²) in [6.45, 7) is 4.48. The third kappa shape index (κ3) is 3.91. The fourth-order valence-electron chi connectivity index (χ4n) is 3.32. The predicted octanol–water partition coefficient (Wildman–Crippen LogP) is 4.49. The second kappa shape index (κ2) is 8.02. The van der Waals surface area contributed by atoms with E-state index in [2.05, 4.69) is 15.1 Å². The van der Waals surface area contributed by atoms with Crippen LogP contribution in [0.4, 0.5) is 4.39 Å². The van der Waals surface area contributed by atoms with Crippen molar-refractivity contribution in [2.24, 2.45) is 0 Å². The highest BCUT2D eigenvalue weighted by atomic mass is 19.1. The third-order valence-corrected chi connectivity index (χ3v) is 4.92. The number of carbonyl (C=O) groups excluding carboxylic acids is 1. The van der Waals surface area contributed by atoms with E-state index in [-0.39, 0.29) is 11.9 Å². The molecule has 0 fully saturated rings. The van der Waals surface area contributed by atoms with E-state index in [1.165, 1.54) is 12.1 Å². The van der Waals surface area contributed by atoms with Crippen molar-refractivity contribution >= 4 is 16.8 Å². The first kappa shape index (κ1) is 19.7. The van der Waals surface area contributed by atoms with E-state index in [1.807, 2.05) is 36.9 Å². The first-order valence-electron chi connectivity index (χ1n) is 9.71. The number of hydrogen-bond donors (Lipinski definition) is 0. The van der Waals surface area contributed by atoms with Gasteiger partial charge in [-0.15, -0.1) is 0 Å². The molecule has 0 saturated carbocycles. The molecule has 3 aromatic heterocycles. The second-order valence-corrected chi connectivity index (χ2v) is 7.54. The van der Waals surface area contributed by atoms with Crippen LogP contribution < -0.4 is 0 Å². The van der Waals surface area contributed by atoms with Gasteiger partial charge in [0.05, 0.1) is 23.0 Å². The maximum absolute atomic E-state index is 13.9. The third-order valence-electron chi connectivity index (χ3n) is 4.92. The van der Waals surface area contributed by atoms with Crippen molar-refractivity contribution in [2.45, 2.75) is 26.4 Å². The topological polar surface area (TPSA) is 63.9 Å². The zero-order valence-electron chi connectivity index (χ0n) is 17.1. The SMILES string of the molecule is CC(C)n1cc(-c2cc(C(=O)N(C)Cc3cccnc3)c3ccc(F)cc3n2)cn1. The smallest absolute Gasteiger partial charge is 0.254 e. The molecule has 3 heterocycles. The Morgan fingerprint density at radius 2 is 2.03 bits per heavy atom. The Bertz CT molecular complexity index is 1200. The lowest BCUT2D eigenvalue weighted by Crippen LogP contribution is -2.26. The van der Waals surface area contributed by atoms with Gasteiger partial charge in [-0.05, 0) is 43.7 Å². The Hall–Kier alpha value is -3.61. The van der Waals surface area contributed by atoms with Crippen LogP contribution in [0.2, 0.25) is 0 Å². The van der Waals surface area contributed by atoms with Gasteiger partial charge in [-0.3, -0.25) is 14.5 Å². The second-order valence-electron chi connectivity index (χ2n) is 7.54. The molecule has 0 saturated heterocycles. The molecule has 0 bridgehead atoms. The summed E-state index contributed by atoms with van der Waals surface area (Å²) < 4.78 is 15.7. The van der Waals surface area contributed by atoms with Gasteiger partial charge >= 0.3 is 0 Å². The van der Waals surface area contributed by atoms with Crippen LogP contribution in [-0.2, 0) is 6.54 Å². The molecule has 0 aliphatic carbocycles. The molecule has 1 amide bonds. The van der Waals surface area contributed by atoms with Crippen molar-refractivity contribution in [2.75, 3.05) is 7.05 Å². The molecule has 152 valence electrons. The number of carbonyl (C=O) groups is 1. The summed E-state index contributed by atoms with van der Waals surface area (Å²) in [5.41, 5.74) is 3.19. The zero-order valence-corrected chi connectivity index (χ0v) is 17.1. The van der Waals surface area contributed by atoms with E-state index in [1.54, 1.807) is 42.7 Å². The summed E-state index contributed by atoms with van der Waals surface area (Å²) in [4.78, 5) is 23.6. The molecule has 0 aliphatic rings. The molecular weight excluding hydrogens is 381 g/mol. The molecule has 30 heavy (non-hydrogen) atoms. The van der Waals surface area contributed by atoms with E-state index < -0.39 is 5.82 Å². The molecule has 4 aromatic rings. The average Bonchev–Trinajstić information content (AvgIpc) is 3.23. The van der Waals surface area contributed by atoms with Crippen LogP contribution in [0.15, 0.2) is 61.2 Å². The van der Waals surface area contributed by atoms with Gasteiger partial charge < -0.3 is 4.90 Å². The molecule has 7 heteroatoms. The van der Waals surface area contributed by atoms with E-state index in [9.17, 15) is 9.18 Å². The van der Waals surface area contributed by atoms with Gasteiger partial charge in [-0.2, -0.15) is 5.10 Å². The molecule has 0 aliphatic heterocycles. The number of benzene rings is 1. The largest absolute Gasteiger partial charge is 0.337 e. The summed E-state index contributed by atoms with van der Waals surface area (Å²) in [6, 6.07) is 10.0. The Balaban J connectivity index is 1.78. The van der Waals surface area contributed by atoms with Crippen LogP contribution in [0.5, 0.6) is 0 Å². The highest BCUT2D eigenvalue weighted by Gasteiger charge is 2.19. The predicted molar refractivity (Wildman–Crippen MR) is 113 cm³/mol. The van der Waals surface area contributed by atoms with Crippen molar-refractivity contribution in [3.63, 3.8) is 0 Å². The summed E-state index contributed by atoms with van der Waals surface area (Å²) in [5.74, 6) is -0.567. The molecule has 6 nitrogen and oxygen atoms in total. The minimum absolute atomic E-state index is 0.171. The van der Waals surface area contributed by atoms with Crippen LogP contribution in [0.3, 0.4) is 0 Å². The van der Waals surface area contributed by atoms with Crippen LogP contribution in [0, 0.1) is 5.82 Å². The monoisotopic (exact) mass is 403 g/mol. The van der Waals surface area contributed by atoms with Gasteiger partial charge in [0.1, 0.15) is 5.82 Å². The fourth-order valence-corrected chi connectivity index (χ4v) is 3.32. The number of halogens is 1. The number of aromatic nitrogens is 4. The molecule has 4 rings (SSSR count). The number of nitrogens with zero attached hydrogens (tertiary/aromatic N) is 5. The van der Waals surface area contributed by atoms with Crippen molar-refractivity contribution in [3.05, 3.63) is 78.1 Å². The van der Waals surface area contributed by atoms with Gasteiger partial charge in [0.25, 0.3) is 5.91 Å². The van der Waals surface area contributed by atoms with E-state index >= 15 is 0 Å². The van der Waals surface area contributed by atoms with Crippen LogP contribution in [0.25, 0.3) is 22.2 Å². The van der Waals surface area contributed by atoms with Crippen LogP contribution >= 0.6 is 0 Å². The van der Waals surface area contributed by atoms with Crippen molar-refractivity contribution in [3.8, 4) is 11.3 Å². The van der Waals surface area contributed by atoms with Gasteiger partial charge in [-0.25, -0.2) is 9.37 Å². The minimum atomic E-state index is -0.396. The van der Waals surface area contributed by atoms with Crippen LogP contribution in [-0.4, -0.2) is 37.6 Å². The summed E-state index contributed by atoms with van der Waals surface area (Å²) in [6.07, 6.45) is 7.02. The lowest BCUT2D eigenvalue weighted by molar-refractivity contribution is 0.0787. The standard InChI is InChI=1S/C23H22FN5O/c1-15(2)29-14-17(12-26-29)21-10-20(19-7-6-18(24)9-22(19)27-21)23(30)28(3)13-16-5-4-8-25-11-16/h4-12,14-15H,13H2,1-3H3. The number of fused-ring (bicyclic) bond motifs is 1. The highest BCUT2D eigenvalue weighted by Crippen LogP contribution is 2.27. The summed E-state index contributed by atoms with van der Waals surface area (Å²) >= 11 is 0. The highest BCUT2D eigenvalue weighted by molar-refractivity contribution is 6.07. The molecule has 0 radical (unpaired) electrons. The lowest BCUT2D eigenvalue weighted by Gasteiger charge is -2.19. The van der Waals surface area contributed by atoms with Gasteiger partial charge in [-0.1, -0.05) is 6.07 Å². The minimum Gasteiger partial charge on any atom is -0.337 e. The normalized spacial score (nSPS) is 11.2. The quantitative estimate of drug-likeness (QED) is 0.493. The Morgan fingerprint density at radius 3 is 2.73 bits per heavy atom. The van der Waals surface area contributed by atoms with Gasteiger partial charge in [0.2, 0.25) is 0 Å². The van der Waals surface area contributed by atoms with E-state index in [4.69, 9.17) is 0 Å². The van der Waals surface area contributed by atoms with Crippen molar-refractivity contribution in [1.82, 2.24) is 24.6 Å². The van der Waals surface area contributed by atoms with Crippen LogP contribution in [0.1, 0.15) is 35.8 Å². The molecular formula is C23H22FN5O. The zero-order chi connectivity index (χ0) is 21.3. The van der Waals surface area contributed by atoms with E-state index in [0.717, 1.165) is 11.1 Å². The average molecular weight is 403 g/mol. The first-order chi connectivity index (χ1) is 14.4. The summed E-state index contributed by atoms with van der Waals surface area (Å²) in [7, 11) is 1.74. The maximum Gasteiger partial charge on any atom is 0.254 e. The summed E-state index contributed by atoms with van der Waals surface area (Å²) in [5, 5.41) is 4.97. The fraction of sp³-hybridized carbons (Fsp3) is 0.217. The van der Waals surface area contributed by atoms with Crippen molar-refractivity contribution in [1.29, 1.82) is 0 Å². The molecule has 0 unspecified atom stereocenters. The van der Waals surface area contributed by atoms with E-state index in [0.29, 0.717) is 28.7 Å². The molecule has 1 aromatic carbocycles. The number of rotatable bonds is 5. The first-order valence-corrected chi connectivity index (χ1v) is 9.71. The lowest BCUT2D eigenvalue weighted by atomic mass is 10.0. The van der Waals surface area contributed by atoms with Gasteiger partial charge in [0, 0.05) is 55.2 Å². The maximum atomic E-state index is 13.9. The Kier molecular flexibility index (Phi) is 5.27. The van der Waals surface area contributed by atoms with Crippen molar-refractivity contribution < 1.29 is 9.18 Å². The van der Waals surface area contributed by atoms with Gasteiger partial charge in [0.15, 0.2) is 0 Å². The molecule has 0 spiro atoms. The molecule has 0 N–H and O–H groups in total. The Morgan fingerprint density at radius 1 is 1.20 bits per heavy atom. The Labute approximate surface area is 174 Å².